The summed E-state index contributed by atoms with van der Waals surface area (Å²) in [6, 6.07) is 21.0. The number of carbonyl (C=O) groups excluding carboxylic acids is 2. The van der Waals surface area contributed by atoms with Gasteiger partial charge in [-0.15, -0.1) is 0 Å². The third-order valence-electron chi connectivity index (χ3n) is 13.8. The van der Waals surface area contributed by atoms with E-state index in [0.29, 0.717) is 81.6 Å². The number of pyridine rings is 1. The fraction of sp³-hybridized carbons (Fsp3) is 0.420. The third-order valence-corrected chi connectivity index (χ3v) is 15.4. The number of nitrogens with zero attached hydrogens (tertiary/aromatic N) is 5. The summed E-state index contributed by atoms with van der Waals surface area (Å²) >= 11 is 6.27. The molecule has 2 saturated heterocycles. The molecular weight excluding hydrogens is 892 g/mol. The predicted molar refractivity (Wildman–Crippen MR) is 261 cm³/mol. The van der Waals surface area contributed by atoms with Crippen molar-refractivity contribution in [2.24, 2.45) is 11.3 Å². The lowest BCUT2D eigenvalue weighted by Gasteiger charge is -2.40. The van der Waals surface area contributed by atoms with Crippen molar-refractivity contribution >= 4 is 72.8 Å². The quantitative estimate of drug-likeness (QED) is 0.0613. The van der Waals surface area contributed by atoms with Crippen molar-refractivity contribution in [3.8, 4) is 0 Å². The number of amides is 1. The SMILES string of the molecule is CC1(C)CC=C(CN2CCN(c3ccc(N4CCCCC(=O)c5nc6[nH]ccc6cc54)c(C(=O)NS(=O)(=O)c4ccc(NCC5CCOCC5)c([N+](=O)[O-])c4)c3)CC2)C(c2ccc(Cl)cc2)C1. The van der Waals surface area contributed by atoms with Gasteiger partial charge in [0.25, 0.3) is 21.6 Å². The number of fused-ring (bicyclic) bond motifs is 2. The summed E-state index contributed by atoms with van der Waals surface area (Å²) in [6.45, 7) is 10.5. The lowest BCUT2D eigenvalue weighted by Crippen LogP contribution is -2.47. The van der Waals surface area contributed by atoms with E-state index in [2.05, 4.69) is 56.9 Å². The molecule has 1 amide bonds. The Hall–Kier alpha value is -5.81. The minimum atomic E-state index is -4.63. The fourth-order valence-electron chi connectivity index (χ4n) is 9.92. The van der Waals surface area contributed by atoms with E-state index in [0.717, 1.165) is 67.5 Å². The molecule has 9 rings (SSSR count). The van der Waals surface area contributed by atoms with Crippen LogP contribution in [-0.2, 0) is 14.8 Å². The van der Waals surface area contributed by atoms with Crippen LogP contribution >= 0.6 is 11.6 Å². The van der Waals surface area contributed by atoms with Crippen LogP contribution in [0.1, 0.15) is 91.1 Å². The van der Waals surface area contributed by atoms with Crippen LogP contribution in [0, 0.1) is 21.4 Å². The monoisotopic (exact) mass is 948 g/mol. The number of benzene rings is 3. The predicted octanol–water partition coefficient (Wildman–Crippen LogP) is 9.24. The number of rotatable bonds is 12. The number of hydrogen-bond donors (Lipinski definition) is 3. The molecule has 0 saturated carbocycles. The lowest BCUT2D eigenvalue weighted by atomic mass is 9.70. The van der Waals surface area contributed by atoms with Crippen LogP contribution in [0.4, 0.5) is 28.4 Å². The van der Waals surface area contributed by atoms with E-state index in [1.807, 2.05) is 41.3 Å². The van der Waals surface area contributed by atoms with Crippen molar-refractivity contribution in [1.82, 2.24) is 19.6 Å². The van der Waals surface area contributed by atoms with Gasteiger partial charge in [-0.1, -0.05) is 49.2 Å². The molecule has 5 aromatic rings. The lowest BCUT2D eigenvalue weighted by molar-refractivity contribution is -0.384. The second-order valence-electron chi connectivity index (χ2n) is 19.0. The smallest absolute Gasteiger partial charge is 0.293 e. The van der Waals surface area contributed by atoms with Crippen molar-refractivity contribution < 1.29 is 27.7 Å². The zero-order chi connectivity index (χ0) is 46.9. The molecule has 67 heavy (non-hydrogen) atoms. The highest BCUT2D eigenvalue weighted by Gasteiger charge is 2.34. The van der Waals surface area contributed by atoms with Gasteiger partial charge in [0.05, 0.1) is 26.8 Å². The number of sulfonamides is 1. The van der Waals surface area contributed by atoms with Crippen molar-refractivity contribution in [1.29, 1.82) is 0 Å². The van der Waals surface area contributed by atoms with E-state index >= 15 is 0 Å². The van der Waals surface area contributed by atoms with E-state index in [1.54, 1.807) is 12.3 Å². The molecule has 352 valence electrons. The van der Waals surface area contributed by atoms with Gasteiger partial charge in [-0.05, 0) is 110 Å². The Labute approximate surface area is 396 Å². The number of anilines is 4. The number of H-pyrrole nitrogens is 1. The first-order valence-electron chi connectivity index (χ1n) is 23.2. The minimum absolute atomic E-state index is 0.0710. The van der Waals surface area contributed by atoms with Crippen LogP contribution in [0.25, 0.3) is 11.0 Å². The number of aromatic amines is 1. The van der Waals surface area contributed by atoms with Crippen molar-refractivity contribution in [2.75, 3.05) is 74.1 Å². The number of nitro groups is 1. The number of aromatic nitrogens is 2. The zero-order valence-electron chi connectivity index (χ0n) is 37.9. The summed E-state index contributed by atoms with van der Waals surface area (Å²) in [6.07, 6.45) is 9.41. The van der Waals surface area contributed by atoms with Crippen molar-refractivity contribution in [3.05, 3.63) is 123 Å². The van der Waals surface area contributed by atoms with Gasteiger partial charge in [-0.2, -0.15) is 0 Å². The van der Waals surface area contributed by atoms with Gasteiger partial charge in [0.1, 0.15) is 17.0 Å². The van der Waals surface area contributed by atoms with E-state index in [4.69, 9.17) is 21.3 Å². The maximum absolute atomic E-state index is 14.7. The molecule has 0 radical (unpaired) electrons. The first kappa shape index (κ1) is 46.3. The molecule has 1 aliphatic carbocycles. The largest absolute Gasteiger partial charge is 0.381 e. The summed E-state index contributed by atoms with van der Waals surface area (Å²) in [5.74, 6) is -0.488. The second kappa shape index (κ2) is 19.4. The number of hydrogen-bond acceptors (Lipinski definition) is 12. The maximum Gasteiger partial charge on any atom is 0.293 e. The van der Waals surface area contributed by atoms with E-state index in [9.17, 15) is 28.1 Å². The normalized spacial score (nSPS) is 19.6. The number of allylic oxidation sites excluding steroid dienone is 1. The molecule has 0 spiro atoms. The van der Waals surface area contributed by atoms with Crippen LogP contribution in [0.15, 0.2) is 95.5 Å². The third kappa shape index (κ3) is 10.4. The highest BCUT2D eigenvalue weighted by Crippen LogP contribution is 2.44. The highest BCUT2D eigenvalue weighted by molar-refractivity contribution is 7.90. The Morgan fingerprint density at radius 1 is 0.970 bits per heavy atom. The number of Topliss-reactive ketones (excluding diaryl/α,β-unsaturated/α-hetero) is 1. The highest BCUT2D eigenvalue weighted by atomic mass is 35.5. The second-order valence-corrected chi connectivity index (χ2v) is 21.1. The Bertz CT molecular complexity index is 2820. The van der Waals surface area contributed by atoms with Gasteiger partial charge >= 0.3 is 0 Å². The average Bonchev–Trinajstić information content (AvgIpc) is 3.79. The number of piperazine rings is 1. The van der Waals surface area contributed by atoms with Crippen LogP contribution in [0.5, 0.6) is 0 Å². The number of nitro benzene ring substituents is 1. The molecule has 2 aromatic heterocycles. The van der Waals surface area contributed by atoms with Crippen molar-refractivity contribution in [3.63, 3.8) is 0 Å². The Balaban J connectivity index is 1.00. The van der Waals surface area contributed by atoms with Gasteiger partial charge in [0, 0.05) is 99.7 Å². The van der Waals surface area contributed by atoms with Gasteiger partial charge in [-0.25, -0.2) is 18.1 Å². The van der Waals surface area contributed by atoms with Crippen LogP contribution < -0.4 is 19.8 Å². The molecule has 5 heterocycles. The number of ether oxygens (including phenoxy) is 1. The number of nitrogens with one attached hydrogen (secondary N) is 3. The molecule has 1 atom stereocenters. The Morgan fingerprint density at radius 3 is 2.51 bits per heavy atom. The van der Waals surface area contributed by atoms with Gasteiger partial charge in [0.15, 0.2) is 5.78 Å². The van der Waals surface area contributed by atoms with Crippen LogP contribution in [0.3, 0.4) is 0 Å². The Kier molecular flexibility index (Phi) is 13.4. The maximum atomic E-state index is 14.7. The number of carbonyl (C=O) groups is 2. The summed E-state index contributed by atoms with van der Waals surface area (Å²) < 4.78 is 35.9. The zero-order valence-corrected chi connectivity index (χ0v) is 39.5. The van der Waals surface area contributed by atoms with Gasteiger partial charge in [-0.3, -0.25) is 24.6 Å². The first-order valence-corrected chi connectivity index (χ1v) is 25.1. The standard InChI is InChI=1S/C50H57ClN8O7S/c1-50(2)18-14-36(41(30-50)34-6-8-37(51)9-7-34)32-56-21-23-57(24-22-56)38-10-13-43(58-20-4-3-5-46(60)47-45(58)27-35-15-19-52-48(35)54-47)40(28-38)49(61)55-67(64,65)39-11-12-42(44(29-39)59(62)63)53-31-33-16-25-66-26-17-33/h6-15,19,27-29,33,41,53H,3-5,16-18,20-26,30-32H2,1-2H3,(H,52,54)(H,55,61). The number of halogens is 1. The van der Waals surface area contributed by atoms with E-state index < -0.39 is 31.4 Å². The van der Waals surface area contributed by atoms with Gasteiger partial charge in [0.2, 0.25) is 0 Å². The molecule has 15 nitrogen and oxygen atoms in total. The Morgan fingerprint density at radius 2 is 1.75 bits per heavy atom. The van der Waals surface area contributed by atoms with Crippen LogP contribution in [-0.4, -0.2) is 98.9 Å². The summed E-state index contributed by atoms with van der Waals surface area (Å²) in [5, 5.41) is 16.9. The fourth-order valence-corrected chi connectivity index (χ4v) is 11.0. The topological polar surface area (TPSA) is 183 Å². The number of ketones is 1. The molecule has 0 bridgehead atoms. The molecule has 3 aliphatic heterocycles. The molecule has 4 aliphatic rings. The van der Waals surface area contributed by atoms with Crippen molar-refractivity contribution in [2.45, 2.75) is 69.6 Å². The average molecular weight is 950 g/mol. The minimum Gasteiger partial charge on any atom is -0.381 e. The summed E-state index contributed by atoms with van der Waals surface area (Å²) in [4.78, 5) is 53.9. The first-order chi connectivity index (χ1) is 32.2. The summed E-state index contributed by atoms with van der Waals surface area (Å²) in [7, 11) is -4.63. The summed E-state index contributed by atoms with van der Waals surface area (Å²) in [5.41, 5.74) is 5.19. The molecule has 17 heteroatoms. The molecule has 1 unspecified atom stereocenters. The van der Waals surface area contributed by atoms with E-state index in [-0.39, 0.29) is 34.1 Å². The molecular formula is C50H57ClN8O7S. The molecule has 2 fully saturated rings. The molecule has 3 N–H and O–H groups in total. The van der Waals surface area contributed by atoms with Crippen LogP contribution in [0.2, 0.25) is 5.02 Å². The van der Waals surface area contributed by atoms with Gasteiger partial charge < -0.3 is 24.8 Å². The molecule has 3 aromatic carbocycles. The van der Waals surface area contributed by atoms with E-state index in [1.165, 1.54) is 23.3 Å².